The summed E-state index contributed by atoms with van der Waals surface area (Å²) in [5.74, 6) is 0.949. The molecule has 0 aliphatic carbocycles. The molecule has 0 amide bonds. The normalized spacial score (nSPS) is 11.0. The van der Waals surface area contributed by atoms with E-state index in [0.717, 1.165) is 26.9 Å². The van der Waals surface area contributed by atoms with E-state index in [1.54, 1.807) is 11.3 Å². The summed E-state index contributed by atoms with van der Waals surface area (Å²) in [5.41, 5.74) is 2.11. The first-order valence-electron chi connectivity index (χ1n) is 5.75. The van der Waals surface area contributed by atoms with Crippen molar-refractivity contribution in [3.8, 4) is 0 Å². The van der Waals surface area contributed by atoms with E-state index in [2.05, 4.69) is 21.6 Å². The highest BCUT2D eigenvalue weighted by atomic mass is 32.1. The van der Waals surface area contributed by atoms with Crippen molar-refractivity contribution in [2.45, 2.75) is 20.4 Å². The number of anilines is 1. The summed E-state index contributed by atoms with van der Waals surface area (Å²) in [7, 11) is 0. The molecular weight excluding hydrogens is 246 g/mol. The Morgan fingerprint density at radius 2 is 2.06 bits per heavy atom. The first-order valence-corrected chi connectivity index (χ1v) is 6.56. The van der Waals surface area contributed by atoms with E-state index >= 15 is 0 Å². The first kappa shape index (κ1) is 11.2. The number of furan rings is 1. The number of rotatable bonds is 3. The van der Waals surface area contributed by atoms with Crippen molar-refractivity contribution in [2.75, 3.05) is 5.32 Å². The summed E-state index contributed by atoms with van der Waals surface area (Å²) in [6.45, 7) is 4.64. The summed E-state index contributed by atoms with van der Waals surface area (Å²) in [5, 5.41) is 14.3. The van der Waals surface area contributed by atoms with Gasteiger partial charge in [0.2, 0.25) is 5.13 Å². The number of hydrogen-bond donors (Lipinski definition) is 1. The molecule has 0 spiro atoms. The number of aryl methyl sites for hydroxylation is 2. The Morgan fingerprint density at radius 1 is 1.22 bits per heavy atom. The second kappa shape index (κ2) is 4.42. The Bertz CT molecular complexity index is 686. The van der Waals surface area contributed by atoms with Gasteiger partial charge in [0.1, 0.15) is 16.4 Å². The maximum absolute atomic E-state index is 5.72. The molecule has 18 heavy (non-hydrogen) atoms. The first-order chi connectivity index (χ1) is 8.74. The minimum Gasteiger partial charge on any atom is -0.461 e. The van der Waals surface area contributed by atoms with Crippen LogP contribution in [0.15, 0.2) is 28.7 Å². The van der Waals surface area contributed by atoms with Crippen molar-refractivity contribution >= 4 is 27.4 Å². The molecule has 1 aromatic carbocycles. The van der Waals surface area contributed by atoms with Gasteiger partial charge in [-0.05, 0) is 19.9 Å². The summed E-state index contributed by atoms with van der Waals surface area (Å²) < 4.78 is 5.72. The van der Waals surface area contributed by atoms with Gasteiger partial charge >= 0.3 is 0 Å². The summed E-state index contributed by atoms with van der Waals surface area (Å²) in [6.07, 6.45) is 0. The van der Waals surface area contributed by atoms with Crippen molar-refractivity contribution in [1.29, 1.82) is 0 Å². The van der Waals surface area contributed by atoms with Crippen LogP contribution in [0.25, 0.3) is 11.0 Å². The molecule has 4 nitrogen and oxygen atoms in total. The molecule has 0 atom stereocenters. The SMILES string of the molecule is Cc1nnc(NCc2c(C)oc3ccccc23)s1. The van der Waals surface area contributed by atoms with Crippen LogP contribution in [-0.4, -0.2) is 10.2 Å². The topological polar surface area (TPSA) is 51.0 Å². The molecule has 1 N–H and O–H groups in total. The predicted octanol–water partition coefficient (Wildman–Crippen LogP) is 3.51. The van der Waals surface area contributed by atoms with Crippen molar-refractivity contribution in [2.24, 2.45) is 0 Å². The van der Waals surface area contributed by atoms with Crippen LogP contribution in [0.4, 0.5) is 5.13 Å². The van der Waals surface area contributed by atoms with Crippen molar-refractivity contribution < 1.29 is 4.42 Å². The molecule has 0 aliphatic heterocycles. The van der Waals surface area contributed by atoms with Gasteiger partial charge in [0, 0.05) is 17.5 Å². The lowest BCUT2D eigenvalue weighted by molar-refractivity contribution is 0.573. The van der Waals surface area contributed by atoms with Gasteiger partial charge in [0.05, 0.1) is 0 Å². The lowest BCUT2D eigenvalue weighted by Crippen LogP contribution is -1.99. The van der Waals surface area contributed by atoms with Gasteiger partial charge in [0.25, 0.3) is 0 Å². The van der Waals surface area contributed by atoms with Gasteiger partial charge in [-0.15, -0.1) is 10.2 Å². The molecule has 5 heteroatoms. The lowest BCUT2D eigenvalue weighted by atomic mass is 10.1. The van der Waals surface area contributed by atoms with E-state index < -0.39 is 0 Å². The van der Waals surface area contributed by atoms with Gasteiger partial charge < -0.3 is 9.73 Å². The second-order valence-corrected chi connectivity index (χ2v) is 5.29. The highest BCUT2D eigenvalue weighted by molar-refractivity contribution is 7.15. The summed E-state index contributed by atoms with van der Waals surface area (Å²) in [6, 6.07) is 8.07. The fourth-order valence-electron chi connectivity index (χ4n) is 1.97. The van der Waals surface area contributed by atoms with Gasteiger partial charge in [-0.25, -0.2) is 0 Å². The standard InChI is InChI=1S/C13H13N3OS/c1-8-11(7-14-13-16-15-9(2)18-13)10-5-3-4-6-12(10)17-8/h3-6H,7H2,1-2H3,(H,14,16). The van der Waals surface area contributed by atoms with Gasteiger partial charge in [0.15, 0.2) is 0 Å². The van der Waals surface area contributed by atoms with Gasteiger partial charge in [-0.3, -0.25) is 0 Å². The molecule has 3 rings (SSSR count). The third-order valence-electron chi connectivity index (χ3n) is 2.84. The van der Waals surface area contributed by atoms with E-state index in [1.165, 1.54) is 5.56 Å². The van der Waals surface area contributed by atoms with Crippen LogP contribution >= 0.6 is 11.3 Å². The number of hydrogen-bond acceptors (Lipinski definition) is 5. The summed E-state index contributed by atoms with van der Waals surface area (Å²) >= 11 is 1.56. The molecule has 2 heterocycles. The van der Waals surface area contributed by atoms with Gasteiger partial charge in [-0.2, -0.15) is 0 Å². The van der Waals surface area contributed by atoms with Crippen LogP contribution in [0, 0.1) is 13.8 Å². The third kappa shape index (κ3) is 1.97. The molecule has 92 valence electrons. The molecule has 0 saturated heterocycles. The molecule has 0 radical (unpaired) electrons. The number of nitrogens with one attached hydrogen (secondary N) is 1. The average molecular weight is 259 g/mol. The van der Waals surface area contributed by atoms with Crippen molar-refractivity contribution in [1.82, 2.24) is 10.2 Å². The molecular formula is C13H13N3OS. The monoisotopic (exact) mass is 259 g/mol. The number of fused-ring (bicyclic) bond motifs is 1. The second-order valence-electron chi connectivity index (χ2n) is 4.11. The smallest absolute Gasteiger partial charge is 0.205 e. The van der Waals surface area contributed by atoms with E-state index in [0.29, 0.717) is 6.54 Å². The van der Waals surface area contributed by atoms with Crippen LogP contribution in [0.3, 0.4) is 0 Å². The minimum atomic E-state index is 0.706. The third-order valence-corrected chi connectivity index (χ3v) is 3.64. The molecule has 0 unspecified atom stereocenters. The highest BCUT2D eigenvalue weighted by Crippen LogP contribution is 2.26. The van der Waals surface area contributed by atoms with Crippen LogP contribution in [0.1, 0.15) is 16.3 Å². The van der Waals surface area contributed by atoms with Crippen LogP contribution < -0.4 is 5.32 Å². The molecule has 0 aliphatic rings. The quantitative estimate of drug-likeness (QED) is 0.782. The molecule has 2 aromatic heterocycles. The minimum absolute atomic E-state index is 0.706. The van der Waals surface area contributed by atoms with E-state index in [-0.39, 0.29) is 0 Å². The van der Waals surface area contributed by atoms with Crippen LogP contribution in [0.5, 0.6) is 0 Å². The fourth-order valence-corrected chi connectivity index (χ4v) is 2.56. The summed E-state index contributed by atoms with van der Waals surface area (Å²) in [4.78, 5) is 0. The van der Waals surface area contributed by atoms with E-state index in [1.807, 2.05) is 32.0 Å². The maximum Gasteiger partial charge on any atom is 0.205 e. The molecule has 0 saturated carbocycles. The Hall–Kier alpha value is -1.88. The Kier molecular flexibility index (Phi) is 2.76. The Balaban J connectivity index is 1.88. The Morgan fingerprint density at radius 3 is 2.83 bits per heavy atom. The predicted molar refractivity (Wildman–Crippen MR) is 72.9 cm³/mol. The number of aromatic nitrogens is 2. The average Bonchev–Trinajstić information content (AvgIpc) is 2.90. The maximum atomic E-state index is 5.72. The largest absolute Gasteiger partial charge is 0.461 e. The van der Waals surface area contributed by atoms with E-state index in [4.69, 9.17) is 4.42 Å². The lowest BCUT2D eigenvalue weighted by Gasteiger charge is -2.01. The molecule has 3 aromatic rings. The molecule has 0 bridgehead atoms. The van der Waals surface area contributed by atoms with Crippen molar-refractivity contribution in [3.63, 3.8) is 0 Å². The number of benzene rings is 1. The fraction of sp³-hybridized carbons (Fsp3) is 0.231. The zero-order valence-electron chi connectivity index (χ0n) is 10.2. The van der Waals surface area contributed by atoms with Crippen LogP contribution in [-0.2, 0) is 6.54 Å². The Labute approximate surface area is 109 Å². The highest BCUT2D eigenvalue weighted by Gasteiger charge is 2.10. The zero-order valence-corrected chi connectivity index (χ0v) is 11.0. The number of para-hydroxylation sites is 1. The zero-order chi connectivity index (χ0) is 12.5. The van der Waals surface area contributed by atoms with Crippen molar-refractivity contribution in [3.05, 3.63) is 40.6 Å². The van der Waals surface area contributed by atoms with Crippen LogP contribution in [0.2, 0.25) is 0 Å². The number of nitrogens with zero attached hydrogens (tertiary/aromatic N) is 2. The van der Waals surface area contributed by atoms with Gasteiger partial charge in [-0.1, -0.05) is 29.5 Å². The molecule has 0 fully saturated rings. The van der Waals surface area contributed by atoms with E-state index in [9.17, 15) is 0 Å².